The summed E-state index contributed by atoms with van der Waals surface area (Å²) in [5.74, 6) is 2.90. The molecule has 21 heavy (non-hydrogen) atoms. The van der Waals surface area contributed by atoms with Crippen molar-refractivity contribution in [3.8, 4) is 12.3 Å². The summed E-state index contributed by atoms with van der Waals surface area (Å²) in [6.07, 6.45) is 8.39. The third kappa shape index (κ3) is 2.64. The van der Waals surface area contributed by atoms with E-state index in [1.165, 1.54) is 6.20 Å². The summed E-state index contributed by atoms with van der Waals surface area (Å²) in [4.78, 5) is 23.0. The van der Waals surface area contributed by atoms with Gasteiger partial charge in [-0.1, -0.05) is 5.92 Å². The van der Waals surface area contributed by atoms with Gasteiger partial charge in [0.15, 0.2) is 0 Å². The molecular formula is C15H9BrN4O. The Balaban J connectivity index is 2.03. The van der Waals surface area contributed by atoms with Crippen molar-refractivity contribution < 1.29 is 0 Å². The highest BCUT2D eigenvalue weighted by Crippen LogP contribution is 2.20. The number of benzene rings is 1. The Morgan fingerprint density at radius 1 is 1.24 bits per heavy atom. The highest BCUT2D eigenvalue weighted by atomic mass is 79.9. The quantitative estimate of drug-likeness (QED) is 0.703. The zero-order chi connectivity index (χ0) is 14.8. The summed E-state index contributed by atoms with van der Waals surface area (Å²) in [5, 5.41) is 3.47. The van der Waals surface area contributed by atoms with Crippen molar-refractivity contribution in [2.75, 3.05) is 5.32 Å². The van der Waals surface area contributed by atoms with Gasteiger partial charge in [-0.25, -0.2) is 4.98 Å². The van der Waals surface area contributed by atoms with Crippen molar-refractivity contribution >= 4 is 38.5 Å². The van der Waals surface area contributed by atoms with Crippen molar-refractivity contribution in [1.82, 2.24) is 15.0 Å². The summed E-state index contributed by atoms with van der Waals surface area (Å²) in [7, 11) is 0. The highest BCUT2D eigenvalue weighted by molar-refractivity contribution is 9.10. The number of H-pyrrole nitrogens is 1. The summed E-state index contributed by atoms with van der Waals surface area (Å²) >= 11 is 3.34. The number of terminal acetylenes is 1. The number of aromatic nitrogens is 3. The zero-order valence-corrected chi connectivity index (χ0v) is 12.3. The lowest BCUT2D eigenvalue weighted by Gasteiger charge is -2.07. The molecule has 0 saturated heterocycles. The molecule has 0 fully saturated rings. The van der Waals surface area contributed by atoms with Crippen LogP contribution in [0.2, 0.25) is 0 Å². The molecule has 6 heteroatoms. The van der Waals surface area contributed by atoms with Crippen molar-refractivity contribution in [3.05, 3.63) is 57.0 Å². The van der Waals surface area contributed by atoms with E-state index in [1.807, 2.05) is 12.1 Å². The van der Waals surface area contributed by atoms with E-state index in [0.29, 0.717) is 21.3 Å². The second-order valence-corrected chi connectivity index (χ2v) is 5.13. The Labute approximate surface area is 128 Å². The van der Waals surface area contributed by atoms with Gasteiger partial charge >= 0.3 is 0 Å². The number of anilines is 2. The Morgan fingerprint density at radius 2 is 2.00 bits per heavy atom. The fourth-order valence-corrected chi connectivity index (χ4v) is 2.29. The molecule has 0 bridgehead atoms. The first kappa shape index (κ1) is 13.3. The van der Waals surface area contributed by atoms with Crippen LogP contribution in [0.15, 0.2) is 45.9 Å². The standard InChI is InChI=1S/C15H9BrN4O/c1-2-9-3-5-10(6-4-9)18-15-19-13-11(14(21)20-15)7-17-8-12(13)16/h1,3-8H,(H2,18,19,20,21). The minimum Gasteiger partial charge on any atom is -0.326 e. The second-order valence-electron chi connectivity index (χ2n) is 4.28. The van der Waals surface area contributed by atoms with Crippen LogP contribution >= 0.6 is 15.9 Å². The molecule has 0 unspecified atom stereocenters. The monoisotopic (exact) mass is 340 g/mol. The topological polar surface area (TPSA) is 70.7 Å². The third-order valence-electron chi connectivity index (χ3n) is 2.89. The molecule has 2 N–H and O–H groups in total. The van der Waals surface area contributed by atoms with Gasteiger partial charge < -0.3 is 5.32 Å². The second kappa shape index (κ2) is 5.38. The van der Waals surface area contributed by atoms with Crippen LogP contribution in [0.4, 0.5) is 11.6 Å². The van der Waals surface area contributed by atoms with Gasteiger partial charge in [-0.05, 0) is 40.2 Å². The van der Waals surface area contributed by atoms with E-state index in [9.17, 15) is 4.79 Å². The number of fused-ring (bicyclic) bond motifs is 1. The minimum absolute atomic E-state index is 0.253. The predicted octanol–water partition coefficient (Wildman–Crippen LogP) is 2.81. The van der Waals surface area contributed by atoms with E-state index in [2.05, 4.69) is 42.1 Å². The number of pyridine rings is 1. The van der Waals surface area contributed by atoms with Crippen LogP contribution in [0.1, 0.15) is 5.56 Å². The van der Waals surface area contributed by atoms with Gasteiger partial charge in [0.25, 0.3) is 5.56 Å². The van der Waals surface area contributed by atoms with Crippen molar-refractivity contribution in [2.45, 2.75) is 0 Å². The van der Waals surface area contributed by atoms with Crippen molar-refractivity contribution in [3.63, 3.8) is 0 Å². The molecule has 0 saturated carbocycles. The average molecular weight is 341 g/mol. The number of halogens is 1. The van der Waals surface area contributed by atoms with Crippen LogP contribution < -0.4 is 10.9 Å². The molecule has 5 nitrogen and oxygen atoms in total. The first-order valence-electron chi connectivity index (χ1n) is 6.04. The molecule has 2 aromatic heterocycles. The zero-order valence-electron chi connectivity index (χ0n) is 10.7. The molecule has 3 rings (SSSR count). The lowest BCUT2D eigenvalue weighted by molar-refractivity contribution is 1.15. The van der Waals surface area contributed by atoms with Gasteiger partial charge in [-0.2, -0.15) is 0 Å². The summed E-state index contributed by atoms with van der Waals surface area (Å²) in [5.41, 5.74) is 1.86. The smallest absolute Gasteiger partial charge is 0.261 e. The van der Waals surface area contributed by atoms with E-state index in [4.69, 9.17) is 6.42 Å². The van der Waals surface area contributed by atoms with Gasteiger partial charge in [-0.3, -0.25) is 14.8 Å². The Morgan fingerprint density at radius 3 is 2.71 bits per heavy atom. The maximum absolute atomic E-state index is 12.0. The predicted molar refractivity (Wildman–Crippen MR) is 85.5 cm³/mol. The number of hydrogen-bond donors (Lipinski definition) is 2. The lowest BCUT2D eigenvalue weighted by atomic mass is 10.2. The number of hydrogen-bond acceptors (Lipinski definition) is 4. The number of nitrogens with zero attached hydrogens (tertiary/aromatic N) is 2. The van der Waals surface area contributed by atoms with E-state index in [1.54, 1.807) is 18.3 Å². The van der Waals surface area contributed by atoms with E-state index < -0.39 is 0 Å². The van der Waals surface area contributed by atoms with Crippen LogP contribution in [0.25, 0.3) is 10.9 Å². The summed E-state index contributed by atoms with van der Waals surface area (Å²) in [6, 6.07) is 7.25. The number of rotatable bonds is 2. The largest absolute Gasteiger partial charge is 0.326 e. The van der Waals surface area contributed by atoms with Gasteiger partial charge in [0.05, 0.1) is 15.4 Å². The Bertz CT molecular complexity index is 910. The molecule has 1 aromatic carbocycles. The average Bonchev–Trinajstić information content (AvgIpc) is 2.49. The maximum Gasteiger partial charge on any atom is 0.261 e. The van der Waals surface area contributed by atoms with E-state index >= 15 is 0 Å². The number of aromatic amines is 1. The molecule has 0 aliphatic rings. The van der Waals surface area contributed by atoms with E-state index in [-0.39, 0.29) is 5.56 Å². The first-order valence-corrected chi connectivity index (χ1v) is 6.84. The number of nitrogens with one attached hydrogen (secondary N) is 2. The highest BCUT2D eigenvalue weighted by Gasteiger charge is 2.07. The minimum atomic E-state index is -0.253. The van der Waals surface area contributed by atoms with Gasteiger partial charge in [0.1, 0.15) is 0 Å². The van der Waals surface area contributed by atoms with Gasteiger partial charge in [-0.15, -0.1) is 6.42 Å². The van der Waals surface area contributed by atoms with Crippen LogP contribution in [-0.4, -0.2) is 15.0 Å². The molecule has 0 amide bonds. The van der Waals surface area contributed by atoms with Gasteiger partial charge in [0.2, 0.25) is 5.95 Å². The molecule has 0 spiro atoms. The Hall–Kier alpha value is -2.65. The molecule has 102 valence electrons. The molecule has 2 heterocycles. The maximum atomic E-state index is 12.0. The first-order chi connectivity index (χ1) is 10.2. The molecule has 3 aromatic rings. The van der Waals surface area contributed by atoms with Crippen molar-refractivity contribution in [2.24, 2.45) is 0 Å². The third-order valence-corrected chi connectivity index (χ3v) is 3.47. The molecule has 0 atom stereocenters. The van der Waals surface area contributed by atoms with Crippen LogP contribution in [0, 0.1) is 12.3 Å². The molecular weight excluding hydrogens is 332 g/mol. The Kier molecular flexibility index (Phi) is 3.42. The molecule has 0 aliphatic carbocycles. The van der Waals surface area contributed by atoms with Crippen LogP contribution in [0.3, 0.4) is 0 Å². The van der Waals surface area contributed by atoms with Crippen molar-refractivity contribution in [1.29, 1.82) is 0 Å². The molecule has 0 radical (unpaired) electrons. The van der Waals surface area contributed by atoms with Crippen LogP contribution in [0.5, 0.6) is 0 Å². The molecule has 0 aliphatic heterocycles. The fraction of sp³-hybridized carbons (Fsp3) is 0. The summed E-state index contributed by atoms with van der Waals surface area (Å²) < 4.78 is 0.664. The fourth-order valence-electron chi connectivity index (χ4n) is 1.87. The van der Waals surface area contributed by atoms with Crippen LogP contribution in [-0.2, 0) is 0 Å². The van der Waals surface area contributed by atoms with Gasteiger partial charge in [0, 0.05) is 23.6 Å². The summed E-state index contributed by atoms with van der Waals surface area (Å²) in [6.45, 7) is 0. The lowest BCUT2D eigenvalue weighted by Crippen LogP contribution is -2.11. The van der Waals surface area contributed by atoms with E-state index in [0.717, 1.165) is 11.3 Å². The normalized spacial score (nSPS) is 10.3. The SMILES string of the molecule is C#Cc1ccc(Nc2nc3c(Br)cncc3c(=O)[nH]2)cc1.